The second-order valence-corrected chi connectivity index (χ2v) is 5.93. The lowest BCUT2D eigenvalue weighted by Gasteiger charge is -2.07. The van der Waals surface area contributed by atoms with E-state index in [1.54, 1.807) is 19.2 Å². The van der Waals surface area contributed by atoms with Crippen molar-refractivity contribution >= 4 is 10.0 Å². The third kappa shape index (κ3) is 5.98. The molecule has 0 fully saturated rings. The highest BCUT2D eigenvalue weighted by Crippen LogP contribution is 2.10. The molecular formula is C13H21NO5S. The Morgan fingerprint density at radius 3 is 2.45 bits per heavy atom. The van der Waals surface area contributed by atoms with Gasteiger partial charge in [0, 0.05) is 20.3 Å². The molecule has 6 nitrogen and oxygen atoms in total. The van der Waals surface area contributed by atoms with E-state index in [1.807, 2.05) is 0 Å². The highest BCUT2D eigenvalue weighted by atomic mass is 32.2. The summed E-state index contributed by atoms with van der Waals surface area (Å²) in [6.07, 6.45) is 0.595. The van der Waals surface area contributed by atoms with E-state index in [9.17, 15) is 8.42 Å². The second kappa shape index (κ2) is 9.04. The summed E-state index contributed by atoms with van der Waals surface area (Å²) in [5, 5.41) is 8.91. The third-order valence-corrected chi connectivity index (χ3v) is 4.08. The first-order valence-corrected chi connectivity index (χ1v) is 7.84. The molecule has 0 atom stereocenters. The van der Waals surface area contributed by atoms with E-state index in [0.29, 0.717) is 38.3 Å². The van der Waals surface area contributed by atoms with Crippen LogP contribution in [0.4, 0.5) is 0 Å². The Hall–Kier alpha value is -0.990. The number of benzene rings is 1. The van der Waals surface area contributed by atoms with E-state index in [0.717, 1.165) is 0 Å². The summed E-state index contributed by atoms with van der Waals surface area (Å²) in [5.74, 6) is 0. The van der Waals surface area contributed by atoms with E-state index < -0.39 is 10.0 Å². The zero-order valence-corrected chi connectivity index (χ0v) is 12.4. The van der Waals surface area contributed by atoms with Gasteiger partial charge in [0.05, 0.1) is 24.7 Å². The van der Waals surface area contributed by atoms with E-state index in [-0.39, 0.29) is 11.5 Å². The minimum atomic E-state index is -3.49. The zero-order chi connectivity index (χ0) is 14.8. The highest BCUT2D eigenvalue weighted by molar-refractivity contribution is 7.89. The molecule has 0 aromatic heterocycles. The first kappa shape index (κ1) is 17.1. The van der Waals surface area contributed by atoms with Crippen LogP contribution < -0.4 is 4.72 Å². The molecule has 1 rings (SSSR count). The maximum absolute atomic E-state index is 11.9. The van der Waals surface area contributed by atoms with E-state index >= 15 is 0 Å². The van der Waals surface area contributed by atoms with Crippen LogP contribution in [0, 0.1) is 0 Å². The summed E-state index contributed by atoms with van der Waals surface area (Å²) in [7, 11) is -1.90. The summed E-state index contributed by atoms with van der Waals surface area (Å²) in [4.78, 5) is 0.190. The van der Waals surface area contributed by atoms with E-state index in [4.69, 9.17) is 14.6 Å². The van der Waals surface area contributed by atoms with Crippen LogP contribution in [0.25, 0.3) is 0 Å². The van der Waals surface area contributed by atoms with Crippen molar-refractivity contribution in [2.75, 3.05) is 33.5 Å². The number of methoxy groups -OCH3 is 1. The van der Waals surface area contributed by atoms with Crippen LogP contribution in [0.5, 0.6) is 0 Å². The standard InChI is InChI=1S/C13H21NO5S/c1-18-9-10-19-8-2-7-14-20(16,17)13-5-3-12(11-15)4-6-13/h3-6,14-15H,2,7-11H2,1H3. The van der Waals surface area contributed by atoms with Crippen molar-refractivity contribution in [1.29, 1.82) is 0 Å². The summed E-state index contributed by atoms with van der Waals surface area (Å²) in [5.41, 5.74) is 0.676. The molecule has 1 aromatic carbocycles. The number of ether oxygens (including phenoxy) is 2. The minimum Gasteiger partial charge on any atom is -0.392 e. The maximum Gasteiger partial charge on any atom is 0.240 e. The van der Waals surface area contributed by atoms with Gasteiger partial charge < -0.3 is 14.6 Å². The first-order chi connectivity index (χ1) is 9.60. The van der Waals surface area contributed by atoms with Gasteiger partial charge in [-0.05, 0) is 24.1 Å². The molecule has 0 spiro atoms. The average molecular weight is 303 g/mol. The van der Waals surface area contributed by atoms with Gasteiger partial charge in [-0.25, -0.2) is 13.1 Å². The quantitative estimate of drug-likeness (QED) is 0.615. The molecule has 0 aliphatic rings. The number of hydrogen-bond acceptors (Lipinski definition) is 5. The van der Waals surface area contributed by atoms with Crippen molar-refractivity contribution in [3.8, 4) is 0 Å². The molecular weight excluding hydrogens is 282 g/mol. The lowest BCUT2D eigenvalue weighted by Crippen LogP contribution is -2.25. The molecule has 1 aromatic rings. The molecule has 20 heavy (non-hydrogen) atoms. The fraction of sp³-hybridized carbons (Fsp3) is 0.538. The predicted molar refractivity (Wildman–Crippen MR) is 74.9 cm³/mol. The second-order valence-electron chi connectivity index (χ2n) is 4.16. The molecule has 0 amide bonds. The monoisotopic (exact) mass is 303 g/mol. The van der Waals surface area contributed by atoms with Gasteiger partial charge in [-0.15, -0.1) is 0 Å². The number of aliphatic hydroxyl groups excluding tert-OH is 1. The fourth-order valence-corrected chi connectivity index (χ4v) is 2.56. The highest BCUT2D eigenvalue weighted by Gasteiger charge is 2.12. The van der Waals surface area contributed by atoms with Crippen LogP contribution in [0.15, 0.2) is 29.2 Å². The predicted octanol–water partition coefficient (Wildman–Crippen LogP) is 0.510. The van der Waals surface area contributed by atoms with Gasteiger partial charge in [0.1, 0.15) is 0 Å². The SMILES string of the molecule is COCCOCCCNS(=O)(=O)c1ccc(CO)cc1. The molecule has 0 aliphatic heterocycles. The van der Waals surface area contributed by atoms with Crippen LogP contribution in [-0.2, 0) is 26.1 Å². The summed E-state index contributed by atoms with van der Waals surface area (Å²) in [6.45, 7) is 1.73. The number of hydrogen-bond donors (Lipinski definition) is 2. The van der Waals surface area contributed by atoms with Crippen molar-refractivity contribution in [2.24, 2.45) is 0 Å². The maximum atomic E-state index is 11.9. The Morgan fingerprint density at radius 2 is 1.85 bits per heavy atom. The largest absolute Gasteiger partial charge is 0.392 e. The third-order valence-electron chi connectivity index (χ3n) is 2.61. The van der Waals surface area contributed by atoms with Crippen molar-refractivity contribution in [2.45, 2.75) is 17.9 Å². The van der Waals surface area contributed by atoms with Gasteiger partial charge in [-0.1, -0.05) is 12.1 Å². The van der Waals surface area contributed by atoms with Crippen molar-refractivity contribution in [3.63, 3.8) is 0 Å². The Morgan fingerprint density at radius 1 is 1.15 bits per heavy atom. The summed E-state index contributed by atoms with van der Waals surface area (Å²) in [6, 6.07) is 6.12. The Bertz CT molecular complexity index is 472. The van der Waals surface area contributed by atoms with Gasteiger partial charge in [0.2, 0.25) is 10.0 Å². The number of nitrogens with one attached hydrogen (secondary N) is 1. The Labute approximate surface area is 119 Å². The average Bonchev–Trinajstić information content (AvgIpc) is 2.46. The fourth-order valence-electron chi connectivity index (χ4n) is 1.48. The summed E-state index contributed by atoms with van der Waals surface area (Å²) < 4.78 is 36.4. The topological polar surface area (TPSA) is 84.9 Å². The molecule has 114 valence electrons. The molecule has 0 heterocycles. The Balaban J connectivity index is 2.33. The number of rotatable bonds is 10. The first-order valence-electron chi connectivity index (χ1n) is 6.36. The van der Waals surface area contributed by atoms with Crippen LogP contribution in [0.3, 0.4) is 0 Å². The van der Waals surface area contributed by atoms with Gasteiger partial charge in [0.25, 0.3) is 0 Å². The van der Waals surface area contributed by atoms with Crippen LogP contribution in [0.1, 0.15) is 12.0 Å². The van der Waals surface area contributed by atoms with Crippen molar-refractivity contribution < 1.29 is 23.0 Å². The van der Waals surface area contributed by atoms with Gasteiger partial charge >= 0.3 is 0 Å². The van der Waals surface area contributed by atoms with Crippen molar-refractivity contribution in [3.05, 3.63) is 29.8 Å². The molecule has 2 N–H and O–H groups in total. The minimum absolute atomic E-state index is 0.105. The molecule has 7 heteroatoms. The van der Waals surface area contributed by atoms with Gasteiger partial charge in [-0.2, -0.15) is 0 Å². The van der Waals surface area contributed by atoms with Crippen LogP contribution >= 0.6 is 0 Å². The molecule has 0 radical (unpaired) electrons. The van der Waals surface area contributed by atoms with E-state index in [1.165, 1.54) is 12.1 Å². The number of aliphatic hydroxyl groups is 1. The molecule has 0 saturated heterocycles. The lowest BCUT2D eigenvalue weighted by molar-refractivity contribution is 0.0699. The Kier molecular flexibility index (Phi) is 7.71. The summed E-state index contributed by atoms with van der Waals surface area (Å²) >= 11 is 0. The van der Waals surface area contributed by atoms with Gasteiger partial charge in [0.15, 0.2) is 0 Å². The number of sulfonamides is 1. The molecule has 0 aliphatic carbocycles. The normalized spacial score (nSPS) is 11.7. The van der Waals surface area contributed by atoms with Crippen LogP contribution in [-0.4, -0.2) is 47.0 Å². The van der Waals surface area contributed by atoms with Gasteiger partial charge in [-0.3, -0.25) is 0 Å². The van der Waals surface area contributed by atoms with Crippen LogP contribution in [0.2, 0.25) is 0 Å². The molecule has 0 bridgehead atoms. The zero-order valence-electron chi connectivity index (χ0n) is 11.5. The smallest absolute Gasteiger partial charge is 0.240 e. The molecule has 0 saturated carbocycles. The van der Waals surface area contributed by atoms with E-state index in [2.05, 4.69) is 4.72 Å². The molecule has 0 unspecified atom stereocenters. The lowest BCUT2D eigenvalue weighted by atomic mass is 10.2. The van der Waals surface area contributed by atoms with Crippen molar-refractivity contribution in [1.82, 2.24) is 4.72 Å².